The summed E-state index contributed by atoms with van der Waals surface area (Å²) in [5, 5.41) is 3.22. The Labute approximate surface area is 189 Å². The normalized spacial score (nSPS) is 26.7. The van der Waals surface area contributed by atoms with E-state index in [-0.39, 0.29) is 23.0 Å². The third-order valence-electron chi connectivity index (χ3n) is 7.24. The average Bonchev–Trinajstić information content (AvgIpc) is 2.80. The highest BCUT2D eigenvalue weighted by Crippen LogP contribution is 2.37. The van der Waals surface area contributed by atoms with Crippen molar-refractivity contribution in [2.45, 2.75) is 31.7 Å². The molecule has 3 aliphatic heterocycles. The third kappa shape index (κ3) is 5.30. The molecule has 4 rings (SSSR count). The number of rotatable bonds is 6. The molecule has 0 saturated carbocycles. The number of hydrogen-bond donors (Lipinski definition) is 1. The van der Waals surface area contributed by atoms with Crippen LogP contribution >= 0.6 is 0 Å². The zero-order valence-corrected chi connectivity index (χ0v) is 18.9. The molecule has 32 heavy (non-hydrogen) atoms. The summed E-state index contributed by atoms with van der Waals surface area (Å²) in [6, 6.07) is 5.77. The van der Waals surface area contributed by atoms with Gasteiger partial charge >= 0.3 is 0 Å². The summed E-state index contributed by atoms with van der Waals surface area (Å²) in [6.45, 7) is 6.21. The van der Waals surface area contributed by atoms with Crippen LogP contribution in [-0.4, -0.2) is 81.3 Å². The summed E-state index contributed by atoms with van der Waals surface area (Å²) in [5.41, 5.74) is 0.630. The van der Waals surface area contributed by atoms with E-state index in [0.29, 0.717) is 38.2 Å². The minimum atomic E-state index is -0.461. The van der Waals surface area contributed by atoms with Crippen molar-refractivity contribution in [2.75, 3.05) is 59.7 Å². The summed E-state index contributed by atoms with van der Waals surface area (Å²) in [7, 11) is 1.70. The molecule has 1 N–H and O–H groups in total. The fraction of sp³-hybridized carbons (Fsp3) is 0.667. The minimum Gasteiger partial charge on any atom is -0.381 e. The zero-order chi connectivity index (χ0) is 22.6. The monoisotopic (exact) mass is 447 g/mol. The zero-order valence-electron chi connectivity index (χ0n) is 18.9. The number of amides is 2. The fourth-order valence-electron chi connectivity index (χ4n) is 5.29. The first-order chi connectivity index (χ1) is 15.5. The maximum atomic E-state index is 13.9. The molecule has 8 heteroatoms. The number of likely N-dealkylation sites (tertiary alicyclic amines) is 1. The van der Waals surface area contributed by atoms with E-state index >= 15 is 0 Å². The van der Waals surface area contributed by atoms with Crippen LogP contribution in [0.4, 0.5) is 4.39 Å². The lowest BCUT2D eigenvalue weighted by Crippen LogP contribution is -2.53. The fourth-order valence-corrected chi connectivity index (χ4v) is 5.29. The van der Waals surface area contributed by atoms with Crippen molar-refractivity contribution in [3.63, 3.8) is 0 Å². The Morgan fingerprint density at radius 2 is 1.91 bits per heavy atom. The number of carbonyl (C=O) groups is 2. The predicted molar refractivity (Wildman–Crippen MR) is 117 cm³/mol. The van der Waals surface area contributed by atoms with Crippen LogP contribution in [0.25, 0.3) is 0 Å². The number of benzene rings is 1. The van der Waals surface area contributed by atoms with E-state index in [2.05, 4.69) is 10.2 Å². The summed E-state index contributed by atoms with van der Waals surface area (Å²) in [6.07, 6.45) is 2.60. The van der Waals surface area contributed by atoms with Gasteiger partial charge in [0.2, 0.25) is 11.8 Å². The molecule has 3 aliphatic rings. The molecule has 0 aromatic heterocycles. The van der Waals surface area contributed by atoms with Crippen molar-refractivity contribution < 1.29 is 23.5 Å². The molecule has 176 valence electrons. The van der Waals surface area contributed by atoms with E-state index in [0.717, 1.165) is 45.7 Å². The van der Waals surface area contributed by atoms with E-state index in [4.69, 9.17) is 9.47 Å². The Kier molecular flexibility index (Phi) is 7.43. The Hall–Kier alpha value is -2.03. The summed E-state index contributed by atoms with van der Waals surface area (Å²) >= 11 is 0. The van der Waals surface area contributed by atoms with Crippen LogP contribution in [0.1, 0.15) is 37.3 Å². The van der Waals surface area contributed by atoms with Crippen molar-refractivity contribution in [3.05, 3.63) is 35.6 Å². The highest BCUT2D eigenvalue weighted by Gasteiger charge is 2.41. The lowest BCUT2D eigenvalue weighted by molar-refractivity contribution is -0.142. The standard InChI is InChI=1S/C24H34FN3O4/c1-27-21(29)6-5-20(22(27)18-3-2-4-19(25)15-18)23(30)26-16-24(7-11-31-12-8-24)17-28-9-13-32-14-10-28/h2-4,15,20,22H,5-14,16-17H2,1H3,(H,26,30). The maximum absolute atomic E-state index is 13.9. The second-order valence-electron chi connectivity index (χ2n) is 9.37. The summed E-state index contributed by atoms with van der Waals surface area (Å²) in [5.74, 6) is -0.845. The predicted octanol–water partition coefficient (Wildman–Crippen LogP) is 1.98. The first-order valence-corrected chi connectivity index (χ1v) is 11.6. The maximum Gasteiger partial charge on any atom is 0.225 e. The number of halogens is 1. The number of piperidine rings is 1. The molecule has 0 radical (unpaired) electrons. The highest BCUT2D eigenvalue weighted by atomic mass is 19.1. The SMILES string of the molecule is CN1C(=O)CCC(C(=O)NCC2(CN3CCOCC3)CCOCC2)C1c1cccc(F)c1. The molecule has 1 aromatic carbocycles. The lowest BCUT2D eigenvalue weighted by Gasteiger charge is -2.43. The van der Waals surface area contributed by atoms with Crippen LogP contribution in [-0.2, 0) is 19.1 Å². The van der Waals surface area contributed by atoms with Crippen LogP contribution in [0.2, 0.25) is 0 Å². The molecular weight excluding hydrogens is 413 g/mol. The van der Waals surface area contributed by atoms with E-state index in [9.17, 15) is 14.0 Å². The lowest BCUT2D eigenvalue weighted by atomic mass is 9.78. The first-order valence-electron chi connectivity index (χ1n) is 11.6. The third-order valence-corrected chi connectivity index (χ3v) is 7.24. The van der Waals surface area contributed by atoms with Crippen molar-refractivity contribution in [2.24, 2.45) is 11.3 Å². The van der Waals surface area contributed by atoms with Gasteiger partial charge in [-0.1, -0.05) is 12.1 Å². The van der Waals surface area contributed by atoms with Gasteiger partial charge in [-0.2, -0.15) is 0 Å². The number of morpholine rings is 1. The van der Waals surface area contributed by atoms with Crippen LogP contribution in [0.15, 0.2) is 24.3 Å². The van der Waals surface area contributed by atoms with Gasteiger partial charge in [-0.15, -0.1) is 0 Å². The molecule has 1 aromatic rings. The molecule has 3 heterocycles. The van der Waals surface area contributed by atoms with Gasteiger partial charge in [-0.3, -0.25) is 14.5 Å². The minimum absolute atomic E-state index is 0.0171. The van der Waals surface area contributed by atoms with Gasteiger partial charge in [-0.05, 0) is 37.0 Å². The van der Waals surface area contributed by atoms with Gasteiger partial charge in [0.1, 0.15) is 5.82 Å². The molecule has 2 atom stereocenters. The van der Waals surface area contributed by atoms with E-state index < -0.39 is 12.0 Å². The van der Waals surface area contributed by atoms with Crippen molar-refractivity contribution in [1.29, 1.82) is 0 Å². The highest BCUT2D eigenvalue weighted by molar-refractivity contribution is 5.85. The Morgan fingerprint density at radius 1 is 1.19 bits per heavy atom. The number of carbonyl (C=O) groups excluding carboxylic acids is 2. The van der Waals surface area contributed by atoms with Gasteiger partial charge in [0.05, 0.1) is 25.2 Å². The van der Waals surface area contributed by atoms with Gasteiger partial charge in [-0.25, -0.2) is 4.39 Å². The van der Waals surface area contributed by atoms with Crippen molar-refractivity contribution in [1.82, 2.24) is 15.1 Å². The Balaban J connectivity index is 1.47. The second-order valence-corrected chi connectivity index (χ2v) is 9.37. The van der Waals surface area contributed by atoms with E-state index in [1.807, 2.05) is 0 Å². The molecule has 3 saturated heterocycles. The quantitative estimate of drug-likeness (QED) is 0.722. The number of nitrogens with one attached hydrogen (secondary N) is 1. The van der Waals surface area contributed by atoms with Crippen LogP contribution in [0.3, 0.4) is 0 Å². The summed E-state index contributed by atoms with van der Waals surface area (Å²) < 4.78 is 25.0. The Bertz CT molecular complexity index is 808. The molecule has 3 fully saturated rings. The van der Waals surface area contributed by atoms with E-state index in [1.54, 1.807) is 24.1 Å². The van der Waals surface area contributed by atoms with Crippen LogP contribution in [0.5, 0.6) is 0 Å². The van der Waals surface area contributed by atoms with Crippen molar-refractivity contribution >= 4 is 11.8 Å². The topological polar surface area (TPSA) is 71.1 Å². The number of hydrogen-bond acceptors (Lipinski definition) is 5. The molecule has 2 unspecified atom stereocenters. The molecule has 7 nitrogen and oxygen atoms in total. The largest absolute Gasteiger partial charge is 0.381 e. The van der Waals surface area contributed by atoms with Gasteiger partial charge in [0, 0.05) is 58.3 Å². The average molecular weight is 448 g/mol. The molecule has 0 aliphatic carbocycles. The molecule has 0 bridgehead atoms. The second kappa shape index (κ2) is 10.3. The van der Waals surface area contributed by atoms with Crippen molar-refractivity contribution in [3.8, 4) is 0 Å². The van der Waals surface area contributed by atoms with Crippen LogP contribution < -0.4 is 5.32 Å². The molecular formula is C24H34FN3O4. The molecule has 0 spiro atoms. The van der Waals surface area contributed by atoms with Gasteiger partial charge in [0.15, 0.2) is 0 Å². The summed E-state index contributed by atoms with van der Waals surface area (Å²) in [4.78, 5) is 29.8. The number of ether oxygens (including phenoxy) is 2. The Morgan fingerprint density at radius 3 is 2.62 bits per heavy atom. The smallest absolute Gasteiger partial charge is 0.225 e. The van der Waals surface area contributed by atoms with E-state index in [1.165, 1.54) is 12.1 Å². The molecule has 2 amide bonds. The van der Waals surface area contributed by atoms with Gasteiger partial charge in [0.25, 0.3) is 0 Å². The number of nitrogens with zero attached hydrogens (tertiary/aromatic N) is 2. The van der Waals surface area contributed by atoms with Crippen LogP contribution in [0, 0.1) is 17.2 Å². The first kappa shape index (κ1) is 23.1. The van der Waals surface area contributed by atoms with Gasteiger partial charge < -0.3 is 19.7 Å².